The monoisotopic (exact) mass is 267 g/mol. The molecule has 0 bridgehead atoms. The van der Waals surface area contributed by atoms with Crippen LogP contribution in [-0.4, -0.2) is 15.3 Å². The van der Waals surface area contributed by atoms with Crippen molar-refractivity contribution in [3.05, 3.63) is 62.3 Å². The topological polar surface area (TPSA) is 0 Å². The van der Waals surface area contributed by atoms with Gasteiger partial charge in [-0.25, -0.2) is 0 Å². The van der Waals surface area contributed by atoms with Gasteiger partial charge < -0.3 is 0 Å². The van der Waals surface area contributed by atoms with Gasteiger partial charge in [0.05, 0.1) is 0 Å². The standard InChI is InChI=1S/C15H12As/c1-10-7-13-9-12-5-3-4-6-14(12)16-15(13)8-11(10)2/h3-6,8-9H,1-2H3. The maximum absolute atomic E-state index is 3.50. The minimum absolute atomic E-state index is 0.140. The Morgan fingerprint density at radius 2 is 1.94 bits per heavy atom. The van der Waals surface area contributed by atoms with Crippen LogP contribution in [0.3, 0.4) is 0 Å². The predicted octanol–water partition coefficient (Wildman–Crippen LogP) is 1.53. The fraction of sp³-hybridized carbons (Fsp3) is 0.133. The maximum atomic E-state index is 3.50. The van der Waals surface area contributed by atoms with Crippen molar-refractivity contribution in [1.82, 2.24) is 0 Å². The molecule has 0 N–H and O–H groups in total. The summed E-state index contributed by atoms with van der Waals surface area (Å²) < 4.78 is 3.01. The summed E-state index contributed by atoms with van der Waals surface area (Å²) in [5.74, 6) is 0. The first-order chi connectivity index (χ1) is 7.74. The Hall–Kier alpha value is -1.13. The molecule has 0 aliphatic carbocycles. The van der Waals surface area contributed by atoms with Gasteiger partial charge in [0.1, 0.15) is 0 Å². The van der Waals surface area contributed by atoms with Gasteiger partial charge in [-0.2, -0.15) is 0 Å². The molecule has 2 aromatic carbocycles. The molecule has 1 heterocycles. The Labute approximate surface area is 102 Å². The van der Waals surface area contributed by atoms with Crippen LogP contribution < -0.4 is 9.57 Å². The van der Waals surface area contributed by atoms with Crippen molar-refractivity contribution >= 4 is 25.7 Å². The van der Waals surface area contributed by atoms with E-state index in [2.05, 4.69) is 56.3 Å². The van der Waals surface area contributed by atoms with Gasteiger partial charge >= 0.3 is 102 Å². The molecule has 1 aliphatic heterocycles. The average molecular weight is 267 g/mol. The molecule has 0 unspecified atom stereocenters. The van der Waals surface area contributed by atoms with Crippen molar-refractivity contribution in [1.29, 1.82) is 0 Å². The van der Waals surface area contributed by atoms with E-state index in [1.165, 1.54) is 30.2 Å². The third-order valence-corrected chi connectivity index (χ3v) is 5.66. The molecule has 0 saturated carbocycles. The molecular weight excluding hydrogens is 255 g/mol. The molecule has 0 amide bonds. The number of rotatable bonds is 0. The molecule has 2 aromatic rings. The second kappa shape index (κ2) is 3.71. The average Bonchev–Trinajstić information content (AvgIpc) is 2.28. The molecule has 0 atom stereocenters. The zero-order valence-electron chi connectivity index (χ0n) is 9.41. The fourth-order valence-corrected chi connectivity index (χ4v) is 4.45. The first-order valence-corrected chi connectivity index (χ1v) is 7.31. The normalized spacial score (nSPS) is 13.1. The van der Waals surface area contributed by atoms with Crippen LogP contribution in [0.5, 0.6) is 0 Å². The van der Waals surface area contributed by atoms with Crippen molar-refractivity contribution in [2.24, 2.45) is 0 Å². The Morgan fingerprint density at radius 3 is 2.81 bits per heavy atom. The van der Waals surface area contributed by atoms with Gasteiger partial charge in [0, 0.05) is 0 Å². The van der Waals surface area contributed by atoms with Crippen LogP contribution in [0.25, 0.3) is 6.08 Å². The van der Waals surface area contributed by atoms with Crippen molar-refractivity contribution in [2.75, 3.05) is 0 Å². The molecule has 77 valence electrons. The predicted molar refractivity (Wildman–Crippen MR) is 68.6 cm³/mol. The summed E-state index contributed by atoms with van der Waals surface area (Å²) in [7, 11) is 0. The van der Waals surface area contributed by atoms with Crippen LogP contribution in [0.4, 0.5) is 0 Å². The second-order valence-corrected chi connectivity index (χ2v) is 6.68. The molecule has 0 nitrogen and oxygen atoms in total. The first kappa shape index (κ1) is 10.1. The Morgan fingerprint density at radius 1 is 1.12 bits per heavy atom. The van der Waals surface area contributed by atoms with E-state index in [1.54, 1.807) is 0 Å². The third kappa shape index (κ3) is 1.58. The second-order valence-electron chi connectivity index (χ2n) is 4.19. The number of hydrogen-bond donors (Lipinski definition) is 0. The van der Waals surface area contributed by atoms with Crippen molar-refractivity contribution < 1.29 is 0 Å². The summed E-state index contributed by atoms with van der Waals surface area (Å²) in [5.41, 5.74) is 3.94. The summed E-state index contributed by atoms with van der Waals surface area (Å²) in [4.78, 5) is 0. The van der Waals surface area contributed by atoms with E-state index < -0.39 is 0 Å². The van der Waals surface area contributed by atoms with E-state index in [-0.39, 0.29) is 15.3 Å². The first-order valence-electron chi connectivity index (χ1n) is 5.43. The van der Waals surface area contributed by atoms with Crippen LogP contribution in [0.2, 0.25) is 0 Å². The van der Waals surface area contributed by atoms with Gasteiger partial charge in [0.2, 0.25) is 0 Å². The van der Waals surface area contributed by atoms with Crippen LogP contribution in [0, 0.1) is 23.9 Å². The van der Waals surface area contributed by atoms with Gasteiger partial charge in [-0.1, -0.05) is 0 Å². The molecule has 0 aromatic heterocycles. The van der Waals surface area contributed by atoms with Gasteiger partial charge in [-0.3, -0.25) is 0 Å². The third-order valence-electron chi connectivity index (χ3n) is 3.02. The minimum atomic E-state index is 0.140. The SMILES string of the molecule is Cc1[c]c2c(cc1C)[As]=c1ccccc1=C2. The van der Waals surface area contributed by atoms with Crippen molar-refractivity contribution in [3.8, 4) is 0 Å². The number of hydrogen-bond acceptors (Lipinski definition) is 0. The van der Waals surface area contributed by atoms with Crippen LogP contribution in [-0.2, 0) is 0 Å². The van der Waals surface area contributed by atoms with Crippen LogP contribution >= 0.6 is 0 Å². The summed E-state index contributed by atoms with van der Waals surface area (Å²) in [5, 5.41) is 1.38. The van der Waals surface area contributed by atoms with Crippen LogP contribution in [0.15, 0.2) is 30.3 Å². The summed E-state index contributed by atoms with van der Waals surface area (Å²) in [6.07, 6.45) is 2.27. The molecule has 3 rings (SSSR count). The molecule has 0 saturated heterocycles. The van der Waals surface area contributed by atoms with E-state index >= 15 is 0 Å². The summed E-state index contributed by atoms with van der Waals surface area (Å²) in [6, 6.07) is 14.6. The Balaban J connectivity index is 2.36. The number of aryl methyl sites for hydroxylation is 2. The molecule has 16 heavy (non-hydrogen) atoms. The molecule has 0 fully saturated rings. The molecule has 1 radical (unpaired) electrons. The zero-order valence-corrected chi connectivity index (χ0v) is 11.3. The molecular formula is C15H12As. The van der Waals surface area contributed by atoms with Gasteiger partial charge in [0.15, 0.2) is 0 Å². The number of benzene rings is 2. The van der Waals surface area contributed by atoms with E-state index in [0.717, 1.165) is 0 Å². The van der Waals surface area contributed by atoms with Gasteiger partial charge in [0.25, 0.3) is 0 Å². The van der Waals surface area contributed by atoms with E-state index in [1.807, 2.05) is 0 Å². The Kier molecular flexibility index (Phi) is 2.33. The van der Waals surface area contributed by atoms with Gasteiger partial charge in [-0.15, -0.1) is 0 Å². The zero-order chi connectivity index (χ0) is 11.1. The van der Waals surface area contributed by atoms with Crippen molar-refractivity contribution in [3.63, 3.8) is 0 Å². The van der Waals surface area contributed by atoms with E-state index in [0.29, 0.717) is 0 Å². The van der Waals surface area contributed by atoms with Crippen molar-refractivity contribution in [2.45, 2.75) is 13.8 Å². The quantitative estimate of drug-likeness (QED) is 0.542. The molecule has 0 spiro atoms. The fourth-order valence-electron chi connectivity index (χ4n) is 1.95. The summed E-state index contributed by atoms with van der Waals surface area (Å²) >= 11 is 0.140. The Bertz CT molecular complexity index is 621. The van der Waals surface area contributed by atoms with Crippen LogP contribution in [0.1, 0.15) is 16.7 Å². The summed E-state index contributed by atoms with van der Waals surface area (Å²) in [6.45, 7) is 4.31. The number of fused-ring (bicyclic) bond motifs is 2. The van der Waals surface area contributed by atoms with E-state index in [4.69, 9.17) is 0 Å². The van der Waals surface area contributed by atoms with E-state index in [9.17, 15) is 0 Å². The van der Waals surface area contributed by atoms with Gasteiger partial charge in [-0.05, 0) is 0 Å². The molecule has 1 aliphatic rings. The molecule has 1 heteroatoms.